The highest BCUT2D eigenvalue weighted by molar-refractivity contribution is 7.85. The van der Waals surface area contributed by atoms with Crippen molar-refractivity contribution in [2.45, 2.75) is 23.8 Å². The first-order chi connectivity index (χ1) is 12.5. The highest BCUT2D eigenvalue weighted by Gasteiger charge is 2.40. The molecule has 136 valence electrons. The summed E-state index contributed by atoms with van der Waals surface area (Å²) in [5, 5.41) is 4.37. The molecular formula is C19H20ClN3O2S. The Kier molecular flexibility index (Phi) is 5.74. The third-order valence-corrected chi connectivity index (χ3v) is 7.02. The number of rotatable bonds is 3. The molecule has 2 aromatic carbocycles. The van der Waals surface area contributed by atoms with Crippen LogP contribution in [0, 0.1) is 5.92 Å². The summed E-state index contributed by atoms with van der Waals surface area (Å²) in [5.74, 6) is -0.0892. The Bertz CT molecular complexity index is 840. The van der Waals surface area contributed by atoms with Crippen LogP contribution in [0.5, 0.6) is 0 Å². The van der Waals surface area contributed by atoms with E-state index in [2.05, 4.69) is 10.5 Å². The fourth-order valence-corrected chi connectivity index (χ4v) is 5.51. The summed E-state index contributed by atoms with van der Waals surface area (Å²) >= 11 is 5.99. The van der Waals surface area contributed by atoms with E-state index >= 15 is 0 Å². The fraction of sp³-hybridized carbons (Fsp3) is 0.263. The van der Waals surface area contributed by atoms with Crippen molar-refractivity contribution in [3.8, 4) is 0 Å². The van der Waals surface area contributed by atoms with Gasteiger partial charge < -0.3 is 5.73 Å². The van der Waals surface area contributed by atoms with Gasteiger partial charge in [-0.2, -0.15) is 5.10 Å². The molecule has 1 saturated heterocycles. The molecule has 1 aliphatic heterocycles. The Balaban J connectivity index is 2.02. The van der Waals surface area contributed by atoms with Gasteiger partial charge in [0.1, 0.15) is 0 Å². The summed E-state index contributed by atoms with van der Waals surface area (Å²) in [4.78, 5) is 11.1. The van der Waals surface area contributed by atoms with Gasteiger partial charge in [-0.05, 0) is 23.3 Å². The zero-order chi connectivity index (χ0) is 18.7. The van der Waals surface area contributed by atoms with E-state index in [0.29, 0.717) is 11.4 Å². The lowest BCUT2D eigenvalue weighted by atomic mass is 9.91. The lowest BCUT2D eigenvalue weighted by Crippen LogP contribution is -2.36. The van der Waals surface area contributed by atoms with Crippen molar-refractivity contribution < 1.29 is 9.00 Å². The van der Waals surface area contributed by atoms with Gasteiger partial charge in [-0.15, -0.1) is 0 Å². The van der Waals surface area contributed by atoms with Crippen molar-refractivity contribution >= 4 is 34.1 Å². The minimum Gasteiger partial charge on any atom is -0.350 e. The number of urea groups is 1. The summed E-state index contributed by atoms with van der Waals surface area (Å²) in [6, 6.07) is 16.4. The first kappa shape index (κ1) is 18.6. The number of carbonyl (C=O) groups excluding carboxylic acids is 1. The normalized spacial score (nSPS) is 27.2. The molecule has 0 spiro atoms. The molecule has 2 aromatic rings. The van der Waals surface area contributed by atoms with E-state index in [1.54, 1.807) is 12.1 Å². The number of halogens is 1. The van der Waals surface area contributed by atoms with Crippen molar-refractivity contribution in [3.63, 3.8) is 0 Å². The number of primary amides is 1. The zero-order valence-corrected chi connectivity index (χ0v) is 15.8. The Morgan fingerprint density at radius 3 is 2.42 bits per heavy atom. The van der Waals surface area contributed by atoms with Crippen LogP contribution in [-0.2, 0) is 10.8 Å². The van der Waals surface area contributed by atoms with Crippen LogP contribution in [-0.4, -0.2) is 16.0 Å². The number of hydrogen-bond acceptors (Lipinski definition) is 3. The van der Waals surface area contributed by atoms with Crippen molar-refractivity contribution in [3.05, 3.63) is 70.7 Å². The second kappa shape index (κ2) is 8.01. The highest BCUT2D eigenvalue weighted by atomic mass is 35.5. The predicted octanol–water partition coefficient (Wildman–Crippen LogP) is 3.94. The summed E-state index contributed by atoms with van der Waals surface area (Å²) in [6.07, 6.45) is 0.485. The average Bonchev–Trinajstić information content (AvgIpc) is 2.63. The molecule has 26 heavy (non-hydrogen) atoms. The number of hydrogen-bond donors (Lipinski definition) is 2. The van der Waals surface area contributed by atoms with E-state index in [1.165, 1.54) is 0 Å². The Morgan fingerprint density at radius 1 is 1.15 bits per heavy atom. The van der Waals surface area contributed by atoms with Crippen LogP contribution in [0.25, 0.3) is 0 Å². The number of benzene rings is 2. The maximum Gasteiger partial charge on any atom is 0.332 e. The van der Waals surface area contributed by atoms with Gasteiger partial charge in [0.2, 0.25) is 0 Å². The monoisotopic (exact) mass is 389 g/mol. The van der Waals surface area contributed by atoms with E-state index in [4.69, 9.17) is 17.3 Å². The second-order valence-corrected chi connectivity index (χ2v) is 8.44. The predicted molar refractivity (Wildman–Crippen MR) is 105 cm³/mol. The standard InChI is InChI=1S/C19H20ClN3O2S/c1-12-16(22-23-19(21)24)11-17(13-7-9-15(20)10-8-13)26(25)18(12)14-5-3-2-4-6-14/h2-10,12,17-18H,11H2,1H3,(H3,21,23,24)/b22-16+. The molecule has 4 atom stereocenters. The van der Waals surface area contributed by atoms with Crippen LogP contribution in [0.15, 0.2) is 59.7 Å². The van der Waals surface area contributed by atoms with E-state index in [9.17, 15) is 9.00 Å². The smallest absolute Gasteiger partial charge is 0.332 e. The molecule has 3 N–H and O–H groups in total. The average molecular weight is 390 g/mol. The second-order valence-electron chi connectivity index (χ2n) is 6.27. The molecule has 3 rings (SSSR count). The molecule has 5 nitrogen and oxygen atoms in total. The van der Waals surface area contributed by atoms with Gasteiger partial charge in [0.15, 0.2) is 0 Å². The van der Waals surface area contributed by atoms with Gasteiger partial charge in [0, 0.05) is 33.9 Å². The van der Waals surface area contributed by atoms with Crippen LogP contribution in [0.4, 0.5) is 4.79 Å². The zero-order valence-electron chi connectivity index (χ0n) is 14.3. The highest BCUT2D eigenvalue weighted by Crippen LogP contribution is 2.43. The largest absolute Gasteiger partial charge is 0.350 e. The van der Waals surface area contributed by atoms with E-state index < -0.39 is 16.8 Å². The van der Waals surface area contributed by atoms with Crippen LogP contribution in [0.3, 0.4) is 0 Å². The van der Waals surface area contributed by atoms with Gasteiger partial charge in [0.05, 0.1) is 10.5 Å². The maximum atomic E-state index is 13.4. The fourth-order valence-electron chi connectivity index (χ4n) is 3.28. The summed E-state index contributed by atoms with van der Waals surface area (Å²) < 4.78 is 13.4. The van der Waals surface area contributed by atoms with Gasteiger partial charge in [0.25, 0.3) is 0 Å². The number of hydrazone groups is 1. The van der Waals surface area contributed by atoms with Crippen LogP contribution in [0.1, 0.15) is 35.0 Å². The Labute approximate surface area is 160 Å². The van der Waals surface area contributed by atoms with Crippen LogP contribution >= 0.6 is 11.6 Å². The van der Waals surface area contributed by atoms with Crippen molar-refractivity contribution in [1.82, 2.24) is 5.43 Å². The topological polar surface area (TPSA) is 84.5 Å². The summed E-state index contributed by atoms with van der Waals surface area (Å²) in [5.41, 5.74) is 10.2. The third kappa shape index (κ3) is 3.97. The molecule has 1 aliphatic rings. The lowest BCUT2D eigenvalue weighted by molar-refractivity contribution is 0.249. The van der Waals surface area contributed by atoms with Gasteiger partial charge in [-0.25, -0.2) is 10.2 Å². The molecule has 0 aliphatic carbocycles. The number of nitrogens with zero attached hydrogens (tertiary/aromatic N) is 1. The SMILES string of the molecule is CC1/C(=N/NC(N)=O)CC(c2ccc(Cl)cc2)S(=O)C1c1ccccc1. The van der Waals surface area contributed by atoms with Crippen molar-refractivity contribution in [2.75, 3.05) is 0 Å². The number of nitrogens with two attached hydrogens (primary N) is 1. The van der Waals surface area contributed by atoms with Crippen molar-refractivity contribution in [1.29, 1.82) is 0 Å². The molecule has 2 amide bonds. The molecule has 4 unspecified atom stereocenters. The van der Waals surface area contributed by atoms with Gasteiger partial charge >= 0.3 is 6.03 Å². The Morgan fingerprint density at radius 2 is 1.81 bits per heavy atom. The van der Waals surface area contributed by atoms with E-state index in [1.807, 2.05) is 49.4 Å². The number of nitrogens with one attached hydrogen (secondary N) is 1. The van der Waals surface area contributed by atoms with Crippen molar-refractivity contribution in [2.24, 2.45) is 16.8 Å². The van der Waals surface area contributed by atoms with Gasteiger partial charge in [-0.3, -0.25) is 4.21 Å². The van der Waals surface area contributed by atoms with E-state index in [0.717, 1.165) is 16.8 Å². The van der Waals surface area contributed by atoms with Gasteiger partial charge in [-0.1, -0.05) is 61.0 Å². The number of amides is 2. The number of carbonyl (C=O) groups is 1. The quantitative estimate of drug-likeness (QED) is 0.779. The minimum atomic E-state index is -1.16. The Hall–Kier alpha value is -2.18. The molecular weight excluding hydrogens is 370 g/mol. The molecule has 1 heterocycles. The molecule has 0 aromatic heterocycles. The first-order valence-electron chi connectivity index (χ1n) is 8.29. The maximum absolute atomic E-state index is 13.4. The van der Waals surface area contributed by atoms with Crippen LogP contribution in [0.2, 0.25) is 5.02 Å². The summed E-state index contributed by atoms with van der Waals surface area (Å²) in [7, 11) is -1.16. The molecule has 7 heteroatoms. The van der Waals surface area contributed by atoms with Crippen LogP contribution < -0.4 is 11.2 Å². The van der Waals surface area contributed by atoms with E-state index in [-0.39, 0.29) is 16.4 Å². The minimum absolute atomic E-state index is 0.0892. The molecule has 0 bridgehead atoms. The summed E-state index contributed by atoms with van der Waals surface area (Å²) in [6.45, 7) is 1.98. The lowest BCUT2D eigenvalue weighted by Gasteiger charge is -2.35. The molecule has 0 radical (unpaired) electrons. The third-order valence-electron chi connectivity index (χ3n) is 4.58. The first-order valence-corrected chi connectivity index (χ1v) is 9.94. The molecule has 0 saturated carbocycles. The molecule has 1 fully saturated rings.